The molecule has 2 rings (SSSR count). The summed E-state index contributed by atoms with van der Waals surface area (Å²) >= 11 is 0. The molecule has 9 heteroatoms. The number of rotatable bonds is 6. The van der Waals surface area contributed by atoms with Crippen LogP contribution in [0, 0.1) is 6.92 Å². The van der Waals surface area contributed by atoms with Crippen molar-refractivity contribution in [1.29, 1.82) is 0 Å². The summed E-state index contributed by atoms with van der Waals surface area (Å²) in [5.74, 6) is -0.644. The highest BCUT2D eigenvalue weighted by Gasteiger charge is 2.27. The van der Waals surface area contributed by atoms with Crippen molar-refractivity contribution in [3.8, 4) is 11.6 Å². The summed E-state index contributed by atoms with van der Waals surface area (Å²) in [6, 6.07) is 6.75. The number of aromatic nitrogens is 2. The van der Waals surface area contributed by atoms with Crippen LogP contribution in [0.1, 0.15) is 11.1 Å². The van der Waals surface area contributed by atoms with Crippen molar-refractivity contribution in [3.05, 3.63) is 56.2 Å². The molecule has 0 atom stereocenters. The van der Waals surface area contributed by atoms with Gasteiger partial charge in [-0.05, 0) is 18.6 Å². The Morgan fingerprint density at radius 1 is 1.16 bits per heavy atom. The van der Waals surface area contributed by atoms with Crippen LogP contribution in [-0.2, 0) is 0 Å². The SMILES string of the molecule is Cc1ccccc1-n1c(O)c(C=NC(CO)(CO)CO)c(=O)[nH]c1=O. The van der Waals surface area contributed by atoms with Crippen molar-refractivity contribution in [2.75, 3.05) is 19.8 Å². The molecule has 0 unspecified atom stereocenters. The molecule has 0 saturated heterocycles. The minimum absolute atomic E-state index is 0.345. The molecule has 0 bridgehead atoms. The van der Waals surface area contributed by atoms with E-state index >= 15 is 0 Å². The van der Waals surface area contributed by atoms with Crippen molar-refractivity contribution in [1.82, 2.24) is 9.55 Å². The second-order valence-corrected chi connectivity index (χ2v) is 5.58. The molecule has 0 fully saturated rings. The zero-order chi connectivity index (χ0) is 18.6. The van der Waals surface area contributed by atoms with Gasteiger partial charge in [-0.15, -0.1) is 0 Å². The summed E-state index contributed by atoms with van der Waals surface area (Å²) in [7, 11) is 0. The molecule has 0 aliphatic rings. The average Bonchev–Trinajstić information content (AvgIpc) is 2.60. The summed E-state index contributed by atoms with van der Waals surface area (Å²) in [5, 5.41) is 38.2. The van der Waals surface area contributed by atoms with Gasteiger partial charge in [0.1, 0.15) is 11.1 Å². The molecule has 1 heterocycles. The van der Waals surface area contributed by atoms with E-state index in [1.54, 1.807) is 31.2 Å². The van der Waals surface area contributed by atoms with E-state index in [2.05, 4.69) is 9.98 Å². The van der Waals surface area contributed by atoms with Crippen LogP contribution in [0.5, 0.6) is 5.88 Å². The number of aryl methyl sites for hydroxylation is 1. The molecule has 0 amide bonds. The minimum atomic E-state index is -1.61. The van der Waals surface area contributed by atoms with Crippen molar-refractivity contribution >= 4 is 6.21 Å². The fourth-order valence-electron chi connectivity index (χ4n) is 2.17. The maximum atomic E-state index is 12.1. The van der Waals surface area contributed by atoms with E-state index in [1.807, 2.05) is 0 Å². The number of hydrogen-bond donors (Lipinski definition) is 5. The lowest BCUT2D eigenvalue weighted by Gasteiger charge is -2.22. The number of hydrogen-bond acceptors (Lipinski definition) is 7. The van der Waals surface area contributed by atoms with E-state index < -0.39 is 42.5 Å². The Kier molecular flexibility index (Phi) is 5.52. The number of aromatic hydroxyl groups is 1. The molecule has 2 aromatic rings. The van der Waals surface area contributed by atoms with E-state index in [0.717, 1.165) is 10.8 Å². The van der Waals surface area contributed by atoms with Crippen LogP contribution in [0.25, 0.3) is 5.69 Å². The van der Waals surface area contributed by atoms with Crippen LogP contribution < -0.4 is 11.2 Å². The fourth-order valence-corrected chi connectivity index (χ4v) is 2.17. The highest BCUT2D eigenvalue weighted by molar-refractivity contribution is 5.82. The van der Waals surface area contributed by atoms with Gasteiger partial charge in [0.05, 0.1) is 25.5 Å². The zero-order valence-corrected chi connectivity index (χ0v) is 13.5. The lowest BCUT2D eigenvalue weighted by molar-refractivity contribution is 0.0718. The molecule has 1 aromatic carbocycles. The Balaban J connectivity index is 2.66. The van der Waals surface area contributed by atoms with E-state index in [1.165, 1.54) is 0 Å². The van der Waals surface area contributed by atoms with Gasteiger partial charge in [0.15, 0.2) is 0 Å². The highest BCUT2D eigenvalue weighted by atomic mass is 16.3. The molecule has 9 nitrogen and oxygen atoms in total. The second kappa shape index (κ2) is 7.43. The van der Waals surface area contributed by atoms with E-state index in [4.69, 9.17) is 0 Å². The van der Waals surface area contributed by atoms with E-state index in [-0.39, 0.29) is 5.56 Å². The Labute approximate surface area is 142 Å². The molecule has 1 aromatic heterocycles. The summed E-state index contributed by atoms with van der Waals surface area (Å²) in [6.45, 7) is -0.291. The van der Waals surface area contributed by atoms with Gasteiger partial charge in [0.2, 0.25) is 5.88 Å². The zero-order valence-electron chi connectivity index (χ0n) is 13.5. The normalized spacial score (nSPS) is 12.0. The van der Waals surface area contributed by atoms with Crippen LogP contribution in [0.15, 0.2) is 38.8 Å². The first-order chi connectivity index (χ1) is 11.9. The van der Waals surface area contributed by atoms with E-state index in [9.17, 15) is 30.0 Å². The van der Waals surface area contributed by atoms with Gasteiger partial charge in [0.25, 0.3) is 5.56 Å². The summed E-state index contributed by atoms with van der Waals surface area (Å²) in [6.07, 6.45) is 0.908. The maximum absolute atomic E-state index is 12.1. The Hall–Kier alpha value is -2.75. The van der Waals surface area contributed by atoms with Crippen LogP contribution >= 0.6 is 0 Å². The highest BCUT2D eigenvalue weighted by Crippen LogP contribution is 2.19. The van der Waals surface area contributed by atoms with Gasteiger partial charge in [-0.1, -0.05) is 18.2 Å². The summed E-state index contributed by atoms with van der Waals surface area (Å²) < 4.78 is 0.913. The first kappa shape index (κ1) is 18.6. The average molecular weight is 349 g/mol. The van der Waals surface area contributed by atoms with Gasteiger partial charge in [0, 0.05) is 6.21 Å². The number of aromatic amines is 1. The molecule has 134 valence electrons. The Morgan fingerprint density at radius 2 is 1.76 bits per heavy atom. The van der Waals surface area contributed by atoms with Crippen molar-refractivity contribution < 1.29 is 20.4 Å². The summed E-state index contributed by atoms with van der Waals surface area (Å²) in [4.78, 5) is 30.0. The third kappa shape index (κ3) is 3.53. The molecule has 0 spiro atoms. The number of aliphatic imine (C=N–C) groups is 1. The van der Waals surface area contributed by atoms with Crippen LogP contribution in [0.4, 0.5) is 0 Å². The minimum Gasteiger partial charge on any atom is -0.493 e. The largest absolute Gasteiger partial charge is 0.493 e. The van der Waals surface area contributed by atoms with Crippen molar-refractivity contribution in [2.24, 2.45) is 4.99 Å². The number of benzene rings is 1. The van der Waals surface area contributed by atoms with Gasteiger partial charge in [-0.3, -0.25) is 14.8 Å². The predicted molar refractivity (Wildman–Crippen MR) is 90.6 cm³/mol. The lowest BCUT2D eigenvalue weighted by atomic mass is 10.1. The first-order valence-corrected chi connectivity index (χ1v) is 7.41. The Bertz CT molecular complexity index is 887. The number of nitrogens with zero attached hydrogens (tertiary/aromatic N) is 2. The molecular weight excluding hydrogens is 330 g/mol. The quantitative estimate of drug-likeness (QED) is 0.408. The molecule has 0 saturated carbocycles. The van der Waals surface area contributed by atoms with Crippen LogP contribution in [-0.4, -0.2) is 61.6 Å². The molecule has 5 N–H and O–H groups in total. The number of para-hydroxylation sites is 1. The van der Waals surface area contributed by atoms with Gasteiger partial charge in [-0.2, -0.15) is 0 Å². The third-order valence-corrected chi connectivity index (χ3v) is 3.83. The second-order valence-electron chi connectivity index (χ2n) is 5.58. The maximum Gasteiger partial charge on any atom is 0.335 e. The smallest absolute Gasteiger partial charge is 0.335 e. The van der Waals surface area contributed by atoms with Crippen molar-refractivity contribution in [3.63, 3.8) is 0 Å². The molecule has 0 aliphatic carbocycles. The third-order valence-electron chi connectivity index (χ3n) is 3.83. The van der Waals surface area contributed by atoms with E-state index in [0.29, 0.717) is 11.3 Å². The monoisotopic (exact) mass is 349 g/mol. The number of aliphatic hydroxyl groups excluding tert-OH is 3. The van der Waals surface area contributed by atoms with Crippen LogP contribution in [0.3, 0.4) is 0 Å². The molecule has 0 radical (unpaired) electrons. The van der Waals surface area contributed by atoms with Gasteiger partial charge >= 0.3 is 5.69 Å². The standard InChI is InChI=1S/C16H19N3O6/c1-10-4-2-3-5-12(10)19-14(24)11(13(23)18-15(19)25)6-17-16(7-20,8-21)9-22/h2-6,20-22,24H,7-9H2,1H3,(H,18,23,25). The number of H-pyrrole nitrogens is 1. The first-order valence-electron chi connectivity index (χ1n) is 7.41. The number of aliphatic hydroxyl groups is 3. The fraction of sp³-hybridized carbons (Fsp3) is 0.312. The van der Waals surface area contributed by atoms with Gasteiger partial charge < -0.3 is 20.4 Å². The molecular formula is C16H19N3O6. The van der Waals surface area contributed by atoms with Gasteiger partial charge in [-0.25, -0.2) is 9.36 Å². The Morgan fingerprint density at radius 3 is 2.32 bits per heavy atom. The predicted octanol–water partition coefficient (Wildman–Crippen LogP) is -1.33. The lowest BCUT2D eigenvalue weighted by Crippen LogP contribution is -2.40. The summed E-state index contributed by atoms with van der Waals surface area (Å²) in [5.41, 5.74) is -2.62. The van der Waals surface area contributed by atoms with Crippen molar-refractivity contribution in [2.45, 2.75) is 12.5 Å². The number of nitrogens with one attached hydrogen (secondary N) is 1. The molecule has 25 heavy (non-hydrogen) atoms. The topological polar surface area (TPSA) is 148 Å². The van der Waals surface area contributed by atoms with Crippen LogP contribution in [0.2, 0.25) is 0 Å². The molecule has 0 aliphatic heterocycles.